The Balaban J connectivity index is 0.000000192. The number of hydrogen-bond donors (Lipinski definition) is 0. The molecule has 0 saturated heterocycles. The van der Waals surface area contributed by atoms with Gasteiger partial charge in [-0.05, 0) is 22.3 Å². The second kappa shape index (κ2) is 18.1. The van der Waals surface area contributed by atoms with Gasteiger partial charge in [0.1, 0.15) is 0 Å². The molecule has 204 valence electrons. The molecule has 0 aliphatic carbocycles. The monoisotopic (exact) mass is 676 g/mol. The maximum absolute atomic E-state index is 3.42. The van der Waals surface area contributed by atoms with E-state index in [1.165, 1.54) is 22.3 Å². The van der Waals surface area contributed by atoms with E-state index in [9.17, 15) is 0 Å². The molecule has 0 amide bonds. The third-order valence-corrected chi connectivity index (χ3v) is 7.02. The molecule has 0 nitrogen and oxygen atoms in total. The van der Waals surface area contributed by atoms with E-state index < -0.39 is 0 Å². The molecule has 6 rings (SSSR count). The van der Waals surface area contributed by atoms with Gasteiger partial charge in [-0.25, -0.2) is 0 Å². The predicted molar refractivity (Wildman–Crippen MR) is 182 cm³/mol. The van der Waals surface area contributed by atoms with Crippen LogP contribution in [0.1, 0.15) is 45.2 Å². The summed E-state index contributed by atoms with van der Waals surface area (Å²) in [6, 6.07) is 62.7. The summed E-state index contributed by atoms with van der Waals surface area (Å²) >= 11 is 0. The van der Waals surface area contributed by atoms with Crippen molar-refractivity contribution in [3.63, 3.8) is 0 Å². The second-order valence-electron chi connectivity index (χ2n) is 9.95. The molecule has 0 heterocycles. The largest absolute Gasteiger partial charge is 2.00 e. The Morgan fingerprint density at radius 1 is 0.302 bits per heavy atom. The van der Waals surface area contributed by atoms with Gasteiger partial charge in [0.05, 0.1) is 0 Å². The number of rotatable bonds is 8. The fraction of sp³-hybridized carbons (Fsp3) is 0.0476. The van der Waals surface area contributed by atoms with Crippen molar-refractivity contribution in [2.24, 2.45) is 0 Å². The Bertz CT molecular complexity index is 1420. The van der Waals surface area contributed by atoms with E-state index in [2.05, 4.69) is 170 Å². The average Bonchev–Trinajstić information content (AvgIpc) is 3.08. The number of hydrogen-bond acceptors (Lipinski definition) is 0. The molecular formula is C42H34Ba. The zero-order valence-electron chi connectivity index (χ0n) is 24.3. The Hall–Kier alpha value is -3.63. The summed E-state index contributed by atoms with van der Waals surface area (Å²) in [6.45, 7) is 0. The van der Waals surface area contributed by atoms with Gasteiger partial charge in [-0.15, -0.1) is 36.4 Å². The molecule has 0 spiro atoms. The Morgan fingerprint density at radius 2 is 0.512 bits per heavy atom. The SMILES string of the molecule is [Ba+2].[C-](=CC(c1ccccc1)c1ccccc1)c1ccccc1.[C-](=CC(c1ccccc1)c1ccccc1)c1ccccc1. The molecule has 0 fully saturated rings. The van der Waals surface area contributed by atoms with Gasteiger partial charge in [0.25, 0.3) is 0 Å². The van der Waals surface area contributed by atoms with E-state index in [-0.39, 0.29) is 60.7 Å². The Morgan fingerprint density at radius 3 is 0.744 bits per heavy atom. The van der Waals surface area contributed by atoms with Gasteiger partial charge < -0.3 is 0 Å². The minimum absolute atomic E-state index is 0. The van der Waals surface area contributed by atoms with Crippen molar-refractivity contribution in [2.45, 2.75) is 11.8 Å². The van der Waals surface area contributed by atoms with Gasteiger partial charge >= 0.3 is 48.9 Å². The molecule has 0 bridgehead atoms. The van der Waals surface area contributed by atoms with Crippen molar-refractivity contribution in [2.75, 3.05) is 0 Å². The zero-order chi connectivity index (χ0) is 28.7. The Kier molecular flexibility index (Phi) is 13.6. The summed E-state index contributed by atoms with van der Waals surface area (Å²) in [5.74, 6) is 0.459. The molecule has 0 aliphatic heterocycles. The summed E-state index contributed by atoms with van der Waals surface area (Å²) in [4.78, 5) is 0. The fourth-order valence-electron chi connectivity index (χ4n) is 4.84. The van der Waals surface area contributed by atoms with Gasteiger partial charge in [0, 0.05) is 11.8 Å². The van der Waals surface area contributed by atoms with Gasteiger partial charge in [-0.2, -0.15) is 47.5 Å². The number of benzene rings is 6. The summed E-state index contributed by atoms with van der Waals surface area (Å²) < 4.78 is 0. The van der Waals surface area contributed by atoms with Gasteiger partial charge in [-0.1, -0.05) is 133 Å². The van der Waals surface area contributed by atoms with Gasteiger partial charge in [0.15, 0.2) is 0 Å². The van der Waals surface area contributed by atoms with Crippen LogP contribution in [0.4, 0.5) is 0 Å². The summed E-state index contributed by atoms with van der Waals surface area (Å²) in [5, 5.41) is 0. The zero-order valence-corrected chi connectivity index (χ0v) is 28.8. The second-order valence-corrected chi connectivity index (χ2v) is 9.95. The molecular weight excluding hydrogens is 642 g/mol. The van der Waals surface area contributed by atoms with Crippen LogP contribution in [0.5, 0.6) is 0 Å². The quantitative estimate of drug-likeness (QED) is 0.111. The fourth-order valence-corrected chi connectivity index (χ4v) is 4.84. The molecule has 6 aromatic rings. The van der Waals surface area contributed by atoms with Crippen LogP contribution in [-0.4, -0.2) is 48.9 Å². The van der Waals surface area contributed by atoms with E-state index >= 15 is 0 Å². The van der Waals surface area contributed by atoms with E-state index in [0.29, 0.717) is 0 Å². The molecule has 43 heavy (non-hydrogen) atoms. The van der Waals surface area contributed by atoms with Gasteiger partial charge in [-0.3, -0.25) is 0 Å². The van der Waals surface area contributed by atoms with Crippen LogP contribution in [0.15, 0.2) is 194 Å². The summed E-state index contributed by atoms with van der Waals surface area (Å²) in [6.07, 6.45) is 11.1. The minimum Gasteiger partial charge on any atom is -0.193 e. The first-order valence-corrected chi connectivity index (χ1v) is 14.4. The smallest absolute Gasteiger partial charge is 0.193 e. The van der Waals surface area contributed by atoms with Crippen molar-refractivity contribution in [3.05, 3.63) is 240 Å². The molecule has 0 aromatic heterocycles. The third-order valence-electron chi connectivity index (χ3n) is 7.02. The van der Waals surface area contributed by atoms with E-state index in [1.807, 2.05) is 36.4 Å². The van der Waals surface area contributed by atoms with Crippen LogP contribution in [0, 0.1) is 12.2 Å². The number of allylic oxidation sites excluding steroid dienone is 2. The van der Waals surface area contributed by atoms with Crippen LogP contribution >= 0.6 is 0 Å². The summed E-state index contributed by atoms with van der Waals surface area (Å²) in [7, 11) is 0. The van der Waals surface area contributed by atoms with Gasteiger partial charge in [0.2, 0.25) is 0 Å². The standard InChI is InChI=1S/2C21H17.Ba/c2*1-4-10-18(11-5-1)16-17-21(19-12-6-2-7-13-19)20-14-8-3-9-15-20;/h2*1-15,17,21H;/q2*-1;+2. The van der Waals surface area contributed by atoms with Crippen molar-refractivity contribution >= 4 is 48.9 Å². The maximum Gasteiger partial charge on any atom is 2.00 e. The Labute approximate surface area is 297 Å². The maximum atomic E-state index is 3.42. The predicted octanol–water partition coefficient (Wildman–Crippen LogP) is 10.1. The minimum atomic E-state index is 0. The van der Waals surface area contributed by atoms with E-state index in [1.54, 1.807) is 0 Å². The molecule has 0 saturated carbocycles. The van der Waals surface area contributed by atoms with Crippen LogP contribution in [-0.2, 0) is 0 Å². The van der Waals surface area contributed by atoms with Crippen LogP contribution < -0.4 is 0 Å². The first kappa shape index (κ1) is 32.3. The molecule has 0 atom stereocenters. The molecule has 0 N–H and O–H groups in total. The van der Waals surface area contributed by atoms with E-state index in [4.69, 9.17) is 0 Å². The van der Waals surface area contributed by atoms with Crippen molar-refractivity contribution in [1.82, 2.24) is 0 Å². The van der Waals surface area contributed by atoms with Crippen molar-refractivity contribution in [1.29, 1.82) is 0 Å². The third kappa shape index (κ3) is 10.3. The molecule has 0 unspecified atom stereocenters. The average molecular weight is 676 g/mol. The first-order chi connectivity index (χ1) is 20.9. The van der Waals surface area contributed by atoms with Crippen molar-refractivity contribution in [3.8, 4) is 0 Å². The van der Waals surface area contributed by atoms with Crippen LogP contribution in [0.2, 0.25) is 0 Å². The van der Waals surface area contributed by atoms with Crippen molar-refractivity contribution < 1.29 is 0 Å². The molecule has 6 aromatic carbocycles. The summed E-state index contributed by atoms with van der Waals surface area (Å²) in [5.41, 5.74) is 7.35. The first-order valence-electron chi connectivity index (χ1n) is 14.4. The van der Waals surface area contributed by atoms with Crippen LogP contribution in [0.25, 0.3) is 0 Å². The topological polar surface area (TPSA) is 0 Å². The molecule has 1 heteroatoms. The van der Waals surface area contributed by atoms with E-state index in [0.717, 1.165) is 11.1 Å². The molecule has 0 radical (unpaired) electrons. The molecule has 0 aliphatic rings. The van der Waals surface area contributed by atoms with Crippen LogP contribution in [0.3, 0.4) is 0 Å². The normalized spacial score (nSPS) is 10.8.